The molecule has 0 bridgehead atoms. The van der Waals surface area contributed by atoms with E-state index in [-0.39, 0.29) is 5.92 Å². The van der Waals surface area contributed by atoms with Gasteiger partial charge in [-0.25, -0.2) is 14.4 Å². The van der Waals surface area contributed by atoms with Crippen LogP contribution in [0.4, 0.5) is 0 Å². The third-order valence-corrected chi connectivity index (χ3v) is 8.88. The summed E-state index contributed by atoms with van der Waals surface area (Å²) >= 11 is 4.34. The van der Waals surface area contributed by atoms with E-state index in [1.54, 1.807) is 24.3 Å². The van der Waals surface area contributed by atoms with E-state index >= 15 is 0 Å². The van der Waals surface area contributed by atoms with Crippen LogP contribution in [0.2, 0.25) is 0 Å². The predicted molar refractivity (Wildman–Crippen MR) is 188 cm³/mol. The lowest BCUT2D eigenvalue weighted by molar-refractivity contribution is -0.129. The van der Waals surface area contributed by atoms with Crippen LogP contribution in [-0.2, 0) is 14.4 Å². The fourth-order valence-electron chi connectivity index (χ4n) is 5.42. The Balaban J connectivity index is 1.60. The van der Waals surface area contributed by atoms with E-state index in [4.69, 9.17) is 18.9 Å². The second kappa shape index (κ2) is 12.5. The minimum absolute atomic E-state index is 0.328. The van der Waals surface area contributed by atoms with Gasteiger partial charge in [0.05, 0.1) is 7.14 Å². The van der Waals surface area contributed by atoms with Gasteiger partial charge in [0.25, 0.3) is 0 Å². The molecule has 0 N–H and O–H groups in total. The van der Waals surface area contributed by atoms with Crippen LogP contribution >= 0.6 is 45.2 Å². The number of halogens is 2. The molecule has 0 amide bonds. The number of benzene rings is 5. The Hall–Kier alpha value is -4.49. The summed E-state index contributed by atoms with van der Waals surface area (Å²) in [6.45, 7) is 10.5. The maximum atomic E-state index is 12.1. The zero-order valence-corrected chi connectivity index (χ0v) is 27.8. The highest BCUT2D eigenvalue weighted by Crippen LogP contribution is 2.53. The zero-order valence-electron chi connectivity index (χ0n) is 23.5. The van der Waals surface area contributed by atoms with E-state index in [0.29, 0.717) is 28.7 Å². The minimum atomic E-state index is -0.548. The first-order chi connectivity index (χ1) is 21.7. The number of carbonyl (C=O) groups is 3. The molecule has 5 aromatic carbocycles. The van der Waals surface area contributed by atoms with Gasteiger partial charge in [0.15, 0.2) is 5.75 Å². The third kappa shape index (κ3) is 5.85. The van der Waals surface area contributed by atoms with Crippen LogP contribution in [0.25, 0.3) is 21.5 Å². The average Bonchev–Trinajstić information content (AvgIpc) is 3.04. The maximum absolute atomic E-state index is 12.1. The van der Waals surface area contributed by atoms with Gasteiger partial charge < -0.3 is 18.9 Å². The Labute approximate surface area is 285 Å². The summed E-state index contributed by atoms with van der Waals surface area (Å²) in [4.78, 5) is 35.9. The van der Waals surface area contributed by atoms with E-state index < -0.39 is 17.9 Å². The summed E-state index contributed by atoms with van der Waals surface area (Å²) in [6, 6.07) is 22.6. The van der Waals surface area contributed by atoms with Gasteiger partial charge in [-0.1, -0.05) is 44.0 Å². The molecule has 0 fully saturated rings. The van der Waals surface area contributed by atoms with Crippen LogP contribution in [0.15, 0.2) is 111 Å². The van der Waals surface area contributed by atoms with E-state index in [2.05, 4.69) is 64.9 Å². The molecule has 1 aliphatic heterocycles. The molecule has 7 nitrogen and oxygen atoms in total. The molecule has 0 unspecified atom stereocenters. The monoisotopic (exact) mass is 820 g/mol. The first-order valence-corrected chi connectivity index (χ1v) is 15.7. The van der Waals surface area contributed by atoms with Crippen molar-refractivity contribution in [1.82, 2.24) is 0 Å². The predicted octanol–water partition coefficient (Wildman–Crippen LogP) is 8.76. The van der Waals surface area contributed by atoms with E-state index in [9.17, 15) is 14.4 Å². The number of ether oxygens (including phenoxy) is 4. The number of hydrogen-bond acceptors (Lipinski definition) is 7. The van der Waals surface area contributed by atoms with Crippen LogP contribution in [0.1, 0.15) is 22.6 Å². The normalized spacial score (nSPS) is 12.0. The Morgan fingerprint density at radius 1 is 0.622 bits per heavy atom. The number of fused-ring (bicyclic) bond motifs is 6. The highest BCUT2D eigenvalue weighted by Gasteiger charge is 2.33. The van der Waals surface area contributed by atoms with Gasteiger partial charge in [0.1, 0.15) is 23.0 Å². The summed E-state index contributed by atoms with van der Waals surface area (Å²) in [5.74, 6) is 0.634. The minimum Gasteiger partial charge on any atom is -0.457 e. The molecule has 0 radical (unpaired) electrons. The highest BCUT2D eigenvalue weighted by molar-refractivity contribution is 14.1. The summed E-state index contributed by atoms with van der Waals surface area (Å²) < 4.78 is 24.4. The van der Waals surface area contributed by atoms with Gasteiger partial charge in [-0.15, -0.1) is 0 Å². The molecule has 45 heavy (non-hydrogen) atoms. The SMILES string of the molecule is C=CC(=O)Oc1ccc2c3c(ccc2c1)Oc1ccc2cc(OC(=O)C=C)ccc2c1C3c1cc(I)c(OC(=O)C=C)c(I)c1. The Bertz CT molecular complexity index is 1980. The van der Waals surface area contributed by atoms with Crippen molar-refractivity contribution >= 4 is 84.6 Å². The number of hydrogen-bond donors (Lipinski definition) is 0. The quantitative estimate of drug-likeness (QED) is 0.0689. The molecule has 0 atom stereocenters. The lowest BCUT2D eigenvalue weighted by Crippen LogP contribution is -2.14. The van der Waals surface area contributed by atoms with Crippen LogP contribution in [0, 0.1) is 7.14 Å². The molecule has 9 heteroatoms. The Kier molecular flexibility index (Phi) is 8.47. The van der Waals surface area contributed by atoms with E-state index in [1.165, 1.54) is 0 Å². The molecule has 222 valence electrons. The maximum Gasteiger partial charge on any atom is 0.335 e. The third-order valence-electron chi connectivity index (χ3n) is 7.28. The lowest BCUT2D eigenvalue weighted by atomic mass is 9.78. The van der Waals surface area contributed by atoms with Crippen LogP contribution < -0.4 is 18.9 Å². The number of rotatable bonds is 7. The van der Waals surface area contributed by atoms with Gasteiger partial charge in [-0.05, 0) is 121 Å². The molecule has 6 rings (SSSR count). The second-order valence-electron chi connectivity index (χ2n) is 9.95. The molecule has 1 aliphatic rings. The molecule has 5 aromatic rings. The topological polar surface area (TPSA) is 88.1 Å². The smallest absolute Gasteiger partial charge is 0.335 e. The van der Waals surface area contributed by atoms with Gasteiger partial charge in [-0.3, -0.25) is 0 Å². The summed E-state index contributed by atoms with van der Waals surface area (Å²) in [5.41, 5.74) is 2.77. The van der Waals surface area contributed by atoms with Crippen molar-refractivity contribution in [3.63, 3.8) is 0 Å². The number of carbonyl (C=O) groups excluding carboxylic acids is 3. The lowest BCUT2D eigenvalue weighted by Gasteiger charge is -2.31. The summed E-state index contributed by atoms with van der Waals surface area (Å²) in [7, 11) is 0. The van der Waals surface area contributed by atoms with Crippen molar-refractivity contribution in [2.45, 2.75) is 5.92 Å². The summed E-state index contributed by atoms with van der Waals surface area (Å²) in [5, 5.41) is 3.50. The molecule has 0 aromatic heterocycles. The van der Waals surface area contributed by atoms with Crippen LogP contribution in [-0.4, -0.2) is 17.9 Å². The van der Waals surface area contributed by atoms with E-state index in [0.717, 1.165) is 63.6 Å². The van der Waals surface area contributed by atoms with Gasteiger partial charge >= 0.3 is 17.9 Å². The Morgan fingerprint density at radius 2 is 1.07 bits per heavy atom. The molecule has 1 heterocycles. The fourth-order valence-corrected chi connectivity index (χ4v) is 7.46. The van der Waals surface area contributed by atoms with Crippen molar-refractivity contribution in [1.29, 1.82) is 0 Å². The molecular weight excluding hydrogens is 798 g/mol. The van der Waals surface area contributed by atoms with Gasteiger partial charge in [0.2, 0.25) is 0 Å². The van der Waals surface area contributed by atoms with Crippen molar-refractivity contribution in [3.05, 3.63) is 135 Å². The van der Waals surface area contributed by atoms with Crippen molar-refractivity contribution in [2.75, 3.05) is 0 Å². The zero-order chi connectivity index (χ0) is 31.8. The first-order valence-electron chi connectivity index (χ1n) is 13.5. The molecular formula is C36H22I2O7. The number of esters is 3. The summed E-state index contributed by atoms with van der Waals surface area (Å²) in [6.07, 6.45) is 3.36. The van der Waals surface area contributed by atoms with Gasteiger partial charge in [-0.2, -0.15) is 0 Å². The molecule has 0 spiro atoms. The standard InChI is InChI=1S/C36H22I2O7/c1-4-30(39)42-22-9-11-24-19(15-22)7-13-28-34(24)33(21-17-26(37)36(27(38)18-21)45-32(41)6-3)35-25-12-10-23(43-31(40)5-2)16-20(25)8-14-29(35)44-28/h4-18,33H,1-3H2. The molecule has 0 aliphatic carbocycles. The van der Waals surface area contributed by atoms with Crippen LogP contribution in [0.3, 0.4) is 0 Å². The van der Waals surface area contributed by atoms with Gasteiger partial charge in [0, 0.05) is 35.3 Å². The van der Waals surface area contributed by atoms with Crippen molar-refractivity contribution < 1.29 is 33.3 Å². The van der Waals surface area contributed by atoms with Crippen molar-refractivity contribution in [2.24, 2.45) is 0 Å². The largest absolute Gasteiger partial charge is 0.457 e. The Morgan fingerprint density at radius 3 is 1.51 bits per heavy atom. The molecule has 0 saturated heterocycles. The highest BCUT2D eigenvalue weighted by atomic mass is 127. The van der Waals surface area contributed by atoms with Crippen LogP contribution in [0.5, 0.6) is 28.7 Å². The van der Waals surface area contributed by atoms with E-state index in [1.807, 2.05) is 48.5 Å². The first kappa shape index (κ1) is 30.5. The average molecular weight is 820 g/mol. The fraction of sp³-hybridized carbons (Fsp3) is 0.0278. The second-order valence-corrected chi connectivity index (χ2v) is 12.3. The molecule has 0 saturated carbocycles. The van der Waals surface area contributed by atoms with Crippen molar-refractivity contribution in [3.8, 4) is 28.7 Å².